The summed E-state index contributed by atoms with van der Waals surface area (Å²) in [5.74, 6) is 0.0522. The summed E-state index contributed by atoms with van der Waals surface area (Å²) in [6.45, 7) is 1.81. The van der Waals surface area contributed by atoms with Crippen molar-refractivity contribution >= 4 is 34.8 Å². The Morgan fingerprint density at radius 2 is 1.71 bits per heavy atom. The molecule has 2 N–H and O–H groups in total. The molecular formula is C18H15ClN4O. The molecule has 5 nitrogen and oxygen atoms in total. The third-order valence-electron chi connectivity index (χ3n) is 3.20. The first kappa shape index (κ1) is 16.0. The number of rotatable bonds is 4. The Morgan fingerprint density at radius 3 is 2.46 bits per heavy atom. The van der Waals surface area contributed by atoms with Gasteiger partial charge in [-0.1, -0.05) is 35.9 Å². The highest BCUT2D eigenvalue weighted by Gasteiger charge is 2.11. The topological polar surface area (TPSA) is 66.9 Å². The van der Waals surface area contributed by atoms with Crippen molar-refractivity contribution in [2.75, 3.05) is 10.6 Å². The maximum atomic E-state index is 12.4. The zero-order valence-electron chi connectivity index (χ0n) is 13.0. The van der Waals surface area contributed by atoms with Crippen LogP contribution in [0.4, 0.5) is 17.3 Å². The van der Waals surface area contributed by atoms with Gasteiger partial charge in [-0.25, -0.2) is 9.97 Å². The average Bonchev–Trinajstić information content (AvgIpc) is 2.55. The standard InChI is InChI=1S/C18H15ClN4O/c1-12-10-16(17(24)21-14-7-3-2-4-8-14)23-18(20-12)22-15-9-5-6-13(19)11-15/h2-11H,1H3,(H,21,24)(H,20,22,23). The van der Waals surface area contributed by atoms with Crippen LogP contribution in [0.15, 0.2) is 60.7 Å². The number of benzene rings is 2. The van der Waals surface area contributed by atoms with E-state index in [1.54, 1.807) is 18.2 Å². The lowest BCUT2D eigenvalue weighted by Crippen LogP contribution is -2.15. The van der Waals surface area contributed by atoms with Crippen LogP contribution in [0.25, 0.3) is 0 Å². The van der Waals surface area contributed by atoms with Gasteiger partial charge in [0.2, 0.25) is 5.95 Å². The smallest absolute Gasteiger partial charge is 0.274 e. The first-order valence-electron chi connectivity index (χ1n) is 7.35. The molecule has 0 atom stereocenters. The van der Waals surface area contributed by atoms with Gasteiger partial charge in [0.15, 0.2) is 0 Å². The van der Waals surface area contributed by atoms with Gasteiger partial charge in [0, 0.05) is 22.1 Å². The number of hydrogen-bond donors (Lipinski definition) is 2. The zero-order valence-corrected chi connectivity index (χ0v) is 13.7. The average molecular weight is 339 g/mol. The first-order valence-corrected chi connectivity index (χ1v) is 7.72. The molecule has 0 aliphatic carbocycles. The molecule has 1 amide bonds. The van der Waals surface area contributed by atoms with Gasteiger partial charge in [-0.3, -0.25) is 4.79 Å². The van der Waals surface area contributed by atoms with E-state index < -0.39 is 0 Å². The number of carbonyl (C=O) groups excluding carboxylic acids is 1. The Labute approximate surface area is 144 Å². The van der Waals surface area contributed by atoms with Crippen LogP contribution in [0.3, 0.4) is 0 Å². The van der Waals surface area contributed by atoms with Crippen molar-refractivity contribution in [3.63, 3.8) is 0 Å². The van der Waals surface area contributed by atoms with Crippen molar-refractivity contribution in [2.45, 2.75) is 6.92 Å². The predicted molar refractivity (Wildman–Crippen MR) is 95.9 cm³/mol. The lowest BCUT2D eigenvalue weighted by Gasteiger charge is -2.09. The van der Waals surface area contributed by atoms with Gasteiger partial charge in [-0.15, -0.1) is 0 Å². The number of aryl methyl sites for hydroxylation is 1. The van der Waals surface area contributed by atoms with Crippen molar-refractivity contribution in [3.05, 3.63) is 77.1 Å². The van der Waals surface area contributed by atoms with Crippen LogP contribution in [-0.4, -0.2) is 15.9 Å². The first-order chi connectivity index (χ1) is 11.6. The van der Waals surface area contributed by atoms with Crippen LogP contribution in [0, 0.1) is 6.92 Å². The fourth-order valence-electron chi connectivity index (χ4n) is 2.15. The minimum absolute atomic E-state index is 0.288. The third kappa shape index (κ3) is 4.08. The predicted octanol–water partition coefficient (Wildman–Crippen LogP) is 4.43. The number of para-hydroxylation sites is 1. The monoisotopic (exact) mass is 338 g/mol. The number of anilines is 3. The molecular weight excluding hydrogens is 324 g/mol. The second kappa shape index (κ2) is 7.10. The van der Waals surface area contributed by atoms with Gasteiger partial charge in [-0.2, -0.15) is 0 Å². The Hall–Kier alpha value is -2.92. The third-order valence-corrected chi connectivity index (χ3v) is 3.43. The summed E-state index contributed by atoms with van der Waals surface area (Å²) in [5.41, 5.74) is 2.44. The number of carbonyl (C=O) groups is 1. The molecule has 0 aliphatic heterocycles. The number of aromatic nitrogens is 2. The highest BCUT2D eigenvalue weighted by molar-refractivity contribution is 6.30. The fourth-order valence-corrected chi connectivity index (χ4v) is 2.34. The minimum Gasteiger partial charge on any atom is -0.324 e. The number of hydrogen-bond acceptors (Lipinski definition) is 4. The molecule has 0 bridgehead atoms. The lowest BCUT2D eigenvalue weighted by atomic mass is 10.3. The quantitative estimate of drug-likeness (QED) is 0.738. The van der Waals surface area contributed by atoms with Crippen molar-refractivity contribution in [3.8, 4) is 0 Å². The van der Waals surface area contributed by atoms with E-state index in [0.29, 0.717) is 22.4 Å². The molecule has 120 valence electrons. The normalized spacial score (nSPS) is 10.2. The summed E-state index contributed by atoms with van der Waals surface area (Å²) in [6, 6.07) is 18.1. The Balaban J connectivity index is 1.82. The molecule has 0 radical (unpaired) electrons. The molecule has 0 fully saturated rings. The van der Waals surface area contributed by atoms with Crippen LogP contribution >= 0.6 is 11.6 Å². The number of nitrogens with zero attached hydrogens (tertiary/aromatic N) is 2. The zero-order chi connectivity index (χ0) is 16.9. The molecule has 0 unspecified atom stereocenters. The van der Waals surface area contributed by atoms with Crippen molar-refractivity contribution in [1.29, 1.82) is 0 Å². The molecule has 6 heteroatoms. The molecule has 1 heterocycles. The van der Waals surface area contributed by atoms with E-state index in [4.69, 9.17) is 11.6 Å². The second-order valence-corrected chi connectivity index (χ2v) is 5.61. The van der Waals surface area contributed by atoms with E-state index in [0.717, 1.165) is 5.69 Å². The molecule has 0 spiro atoms. The van der Waals surface area contributed by atoms with Crippen LogP contribution in [0.5, 0.6) is 0 Å². The van der Waals surface area contributed by atoms with E-state index in [2.05, 4.69) is 20.6 Å². The highest BCUT2D eigenvalue weighted by Crippen LogP contribution is 2.18. The summed E-state index contributed by atoms with van der Waals surface area (Å²) in [4.78, 5) is 21.0. The number of halogens is 1. The maximum absolute atomic E-state index is 12.4. The van der Waals surface area contributed by atoms with Gasteiger partial charge in [0.05, 0.1) is 0 Å². The van der Waals surface area contributed by atoms with Gasteiger partial charge in [0.1, 0.15) is 5.69 Å². The van der Waals surface area contributed by atoms with Crippen LogP contribution < -0.4 is 10.6 Å². The van der Waals surface area contributed by atoms with E-state index in [-0.39, 0.29) is 11.6 Å². The summed E-state index contributed by atoms with van der Waals surface area (Å²) < 4.78 is 0. The minimum atomic E-state index is -0.291. The molecule has 0 saturated heterocycles. The number of amides is 1. The SMILES string of the molecule is Cc1cc(C(=O)Nc2ccccc2)nc(Nc2cccc(Cl)c2)n1. The van der Waals surface area contributed by atoms with E-state index in [9.17, 15) is 4.79 Å². The molecule has 0 aliphatic rings. The van der Waals surface area contributed by atoms with Crippen LogP contribution in [0.2, 0.25) is 5.02 Å². The summed E-state index contributed by atoms with van der Waals surface area (Å²) in [5, 5.41) is 6.47. The summed E-state index contributed by atoms with van der Waals surface area (Å²) in [7, 11) is 0. The van der Waals surface area contributed by atoms with Gasteiger partial charge in [-0.05, 0) is 43.3 Å². The summed E-state index contributed by atoms with van der Waals surface area (Å²) in [6.07, 6.45) is 0. The second-order valence-electron chi connectivity index (χ2n) is 5.17. The summed E-state index contributed by atoms with van der Waals surface area (Å²) >= 11 is 5.97. The van der Waals surface area contributed by atoms with E-state index >= 15 is 0 Å². The lowest BCUT2D eigenvalue weighted by molar-refractivity contribution is 0.102. The van der Waals surface area contributed by atoms with Gasteiger partial charge in [0.25, 0.3) is 5.91 Å². The molecule has 2 aromatic carbocycles. The van der Waals surface area contributed by atoms with Crippen molar-refractivity contribution in [2.24, 2.45) is 0 Å². The maximum Gasteiger partial charge on any atom is 0.274 e. The van der Waals surface area contributed by atoms with Crippen LogP contribution in [0.1, 0.15) is 16.2 Å². The molecule has 1 aromatic heterocycles. The molecule has 3 aromatic rings. The Morgan fingerprint density at radius 1 is 0.958 bits per heavy atom. The van der Waals surface area contributed by atoms with Gasteiger partial charge < -0.3 is 10.6 Å². The number of nitrogens with one attached hydrogen (secondary N) is 2. The molecule has 0 saturated carbocycles. The molecule has 24 heavy (non-hydrogen) atoms. The van der Waals surface area contributed by atoms with Crippen molar-refractivity contribution in [1.82, 2.24) is 9.97 Å². The van der Waals surface area contributed by atoms with Crippen molar-refractivity contribution < 1.29 is 4.79 Å². The Bertz CT molecular complexity index is 868. The highest BCUT2D eigenvalue weighted by atomic mass is 35.5. The Kier molecular flexibility index (Phi) is 4.72. The molecule has 3 rings (SSSR count). The largest absolute Gasteiger partial charge is 0.324 e. The van der Waals surface area contributed by atoms with E-state index in [1.807, 2.05) is 49.4 Å². The van der Waals surface area contributed by atoms with Gasteiger partial charge >= 0.3 is 0 Å². The fraction of sp³-hybridized carbons (Fsp3) is 0.0556. The van der Waals surface area contributed by atoms with E-state index in [1.165, 1.54) is 0 Å². The van der Waals surface area contributed by atoms with Crippen LogP contribution in [-0.2, 0) is 0 Å².